The van der Waals surface area contributed by atoms with Gasteiger partial charge in [0.05, 0.1) is 25.0 Å². The van der Waals surface area contributed by atoms with E-state index >= 15 is 0 Å². The zero-order chi connectivity index (χ0) is 28.2. The zero-order valence-electron chi connectivity index (χ0n) is 22.9. The average molecular weight is 577 g/mol. The second-order valence-corrected chi connectivity index (χ2v) is 11.6. The van der Waals surface area contributed by atoms with Crippen LogP contribution < -0.4 is 0 Å². The van der Waals surface area contributed by atoms with E-state index in [4.69, 9.17) is 19.4 Å². The molecule has 0 spiro atoms. The van der Waals surface area contributed by atoms with Gasteiger partial charge in [-0.05, 0) is 38.1 Å². The molecule has 40 heavy (non-hydrogen) atoms. The normalized spacial score (nSPS) is 20.1. The van der Waals surface area contributed by atoms with Crippen LogP contribution in [0.2, 0.25) is 0 Å². The molecule has 0 amide bonds. The van der Waals surface area contributed by atoms with Crippen LogP contribution in [-0.4, -0.2) is 44.3 Å². The number of nitrogens with zero attached hydrogens (tertiary/aromatic N) is 4. The van der Waals surface area contributed by atoms with E-state index in [1.165, 1.54) is 0 Å². The third-order valence-corrected chi connectivity index (χ3v) is 9.36. The van der Waals surface area contributed by atoms with E-state index < -0.39 is 23.8 Å². The van der Waals surface area contributed by atoms with Crippen LogP contribution in [0.15, 0.2) is 93.2 Å². The first-order valence-electron chi connectivity index (χ1n) is 13.3. The fraction of sp³-hybridized carbons (Fsp3) is 0.333. The number of benzene rings is 2. The van der Waals surface area contributed by atoms with Crippen LogP contribution in [0.25, 0.3) is 0 Å². The van der Waals surface area contributed by atoms with Crippen molar-refractivity contribution in [3.63, 3.8) is 0 Å². The van der Waals surface area contributed by atoms with Crippen LogP contribution in [0.1, 0.15) is 37.1 Å². The van der Waals surface area contributed by atoms with Gasteiger partial charge in [-0.25, -0.2) is 9.97 Å². The van der Waals surface area contributed by atoms with Gasteiger partial charge in [0.15, 0.2) is 10.3 Å². The van der Waals surface area contributed by atoms with Crippen molar-refractivity contribution in [3.8, 4) is 0 Å². The van der Waals surface area contributed by atoms with Crippen LogP contribution >= 0.6 is 23.5 Å². The summed E-state index contributed by atoms with van der Waals surface area (Å²) in [5, 5.41) is 1.60. The minimum Gasteiger partial charge on any atom is -0.466 e. The van der Waals surface area contributed by atoms with Crippen molar-refractivity contribution in [2.45, 2.75) is 45.8 Å². The van der Waals surface area contributed by atoms with Gasteiger partial charge in [-0.1, -0.05) is 59.9 Å². The Bertz CT molecular complexity index is 1360. The van der Waals surface area contributed by atoms with Crippen molar-refractivity contribution < 1.29 is 19.1 Å². The molecule has 2 heterocycles. The molecule has 8 nitrogen and oxygen atoms in total. The molecule has 2 aromatic carbocycles. The van der Waals surface area contributed by atoms with Crippen molar-refractivity contribution in [1.82, 2.24) is 19.1 Å². The highest BCUT2D eigenvalue weighted by Crippen LogP contribution is 2.59. The molecule has 0 aliphatic heterocycles. The summed E-state index contributed by atoms with van der Waals surface area (Å²) in [5.74, 6) is -2.90. The van der Waals surface area contributed by atoms with Gasteiger partial charge in [0.25, 0.3) is 0 Å². The third kappa shape index (κ3) is 5.42. The second-order valence-electron chi connectivity index (χ2n) is 9.49. The van der Waals surface area contributed by atoms with Crippen molar-refractivity contribution >= 4 is 35.5 Å². The molecule has 4 atom stereocenters. The predicted octanol–water partition coefficient (Wildman–Crippen LogP) is 5.70. The summed E-state index contributed by atoms with van der Waals surface area (Å²) in [7, 11) is 3.90. The van der Waals surface area contributed by atoms with Gasteiger partial charge >= 0.3 is 11.9 Å². The number of carbonyl (C=O) groups is 2. The summed E-state index contributed by atoms with van der Waals surface area (Å²) >= 11 is 3.10. The molecule has 5 rings (SSSR count). The van der Waals surface area contributed by atoms with Crippen LogP contribution in [0.3, 0.4) is 0 Å². The lowest BCUT2D eigenvalue weighted by Gasteiger charge is -2.48. The van der Waals surface area contributed by atoms with Crippen molar-refractivity contribution in [1.29, 1.82) is 0 Å². The molecule has 1 aliphatic rings. The number of esters is 2. The summed E-state index contributed by atoms with van der Waals surface area (Å²) in [4.78, 5) is 38.2. The largest absolute Gasteiger partial charge is 0.466 e. The van der Waals surface area contributed by atoms with E-state index in [1.54, 1.807) is 37.4 Å². The maximum atomic E-state index is 13.4. The van der Waals surface area contributed by atoms with Crippen LogP contribution in [-0.2, 0) is 33.2 Å². The van der Waals surface area contributed by atoms with Crippen LogP contribution in [0.5, 0.6) is 0 Å². The molecule has 10 heteroatoms. The number of rotatable bonds is 10. The van der Waals surface area contributed by atoms with Crippen molar-refractivity contribution in [2.75, 3.05) is 13.2 Å². The SMILES string of the molecule is CCOC(=O)[C@@H]1[C@H](C(=O)OCC)[C@@H](c2cnc(Sc3ccccc3)n2C)[C@H]1c1cnc(Sc2ccccc2)n1C. The van der Waals surface area contributed by atoms with Crippen molar-refractivity contribution in [2.24, 2.45) is 25.9 Å². The van der Waals surface area contributed by atoms with Gasteiger partial charge in [0.1, 0.15) is 0 Å². The molecule has 1 aliphatic carbocycles. The van der Waals surface area contributed by atoms with E-state index in [9.17, 15) is 9.59 Å². The Morgan fingerprint density at radius 2 is 1.07 bits per heavy atom. The lowest BCUT2D eigenvalue weighted by atomic mass is 9.54. The summed E-state index contributed by atoms with van der Waals surface area (Å²) in [5.41, 5.74) is 1.72. The number of hydrogen-bond donors (Lipinski definition) is 0. The van der Waals surface area contributed by atoms with E-state index in [0.717, 1.165) is 31.5 Å². The van der Waals surface area contributed by atoms with Gasteiger partial charge in [-0.3, -0.25) is 9.59 Å². The number of aromatic nitrogens is 4. The van der Waals surface area contributed by atoms with Crippen molar-refractivity contribution in [3.05, 3.63) is 84.4 Å². The number of hydrogen-bond acceptors (Lipinski definition) is 8. The predicted molar refractivity (Wildman–Crippen MR) is 153 cm³/mol. The maximum Gasteiger partial charge on any atom is 0.310 e. The van der Waals surface area contributed by atoms with E-state index in [0.29, 0.717) is 0 Å². The lowest BCUT2D eigenvalue weighted by Crippen LogP contribution is -2.53. The van der Waals surface area contributed by atoms with E-state index in [-0.39, 0.29) is 25.0 Å². The summed E-state index contributed by atoms with van der Waals surface area (Å²) in [6.07, 6.45) is 3.62. The van der Waals surface area contributed by atoms with Gasteiger partial charge in [0.2, 0.25) is 0 Å². The zero-order valence-corrected chi connectivity index (χ0v) is 24.5. The van der Waals surface area contributed by atoms with Gasteiger partial charge < -0.3 is 18.6 Å². The number of carbonyl (C=O) groups excluding carboxylic acids is 2. The highest BCUT2D eigenvalue weighted by molar-refractivity contribution is 7.99. The highest BCUT2D eigenvalue weighted by atomic mass is 32.2. The second kappa shape index (κ2) is 12.3. The van der Waals surface area contributed by atoms with E-state index in [2.05, 4.69) is 0 Å². The molecule has 1 fully saturated rings. The Labute approximate surface area is 242 Å². The topological polar surface area (TPSA) is 88.2 Å². The first kappa shape index (κ1) is 28.0. The Hall–Kier alpha value is -3.50. The standard InChI is InChI=1S/C30H32N4O4S2/c1-5-37-27(35)25-23(21-17-31-29(33(21)3)39-19-13-9-7-10-14-19)24(26(25)28(36)38-6-2)22-18-32-30(34(22)4)40-20-15-11-8-12-16-20/h7-18,23-26H,5-6H2,1-4H3/t23-,24+,25+,26-. The average Bonchev–Trinajstić information content (AvgIpc) is 3.47. The Balaban J connectivity index is 1.55. The molecule has 4 aromatic rings. The first-order valence-corrected chi connectivity index (χ1v) is 14.9. The summed E-state index contributed by atoms with van der Waals surface area (Å²) in [6.45, 7) is 4.00. The molecular weight excluding hydrogens is 544 g/mol. The first-order chi connectivity index (χ1) is 19.4. The highest BCUT2D eigenvalue weighted by Gasteiger charge is 2.61. The van der Waals surface area contributed by atoms with E-state index in [1.807, 2.05) is 96.3 Å². The Morgan fingerprint density at radius 3 is 1.43 bits per heavy atom. The third-order valence-electron chi connectivity index (χ3n) is 7.22. The Morgan fingerprint density at radius 1 is 0.700 bits per heavy atom. The van der Waals surface area contributed by atoms with Crippen LogP contribution in [0, 0.1) is 11.8 Å². The smallest absolute Gasteiger partial charge is 0.310 e. The fourth-order valence-corrected chi connectivity index (χ4v) is 7.06. The maximum absolute atomic E-state index is 13.4. The quantitative estimate of drug-likeness (QED) is 0.222. The summed E-state index contributed by atoms with van der Waals surface area (Å²) < 4.78 is 15.0. The molecular formula is C30H32N4O4S2. The minimum atomic E-state index is -0.700. The fourth-order valence-electron chi connectivity index (χ4n) is 5.35. The molecule has 0 bridgehead atoms. The molecule has 0 unspecified atom stereocenters. The number of imidazole rings is 2. The molecule has 1 saturated carbocycles. The summed E-state index contributed by atoms with van der Waals surface area (Å²) in [6, 6.07) is 20.0. The molecule has 0 N–H and O–H groups in total. The molecule has 0 radical (unpaired) electrons. The minimum absolute atomic E-state index is 0.229. The Kier molecular flexibility index (Phi) is 8.66. The van der Waals surface area contributed by atoms with Gasteiger partial charge in [-0.2, -0.15) is 0 Å². The molecule has 2 aromatic heterocycles. The molecule has 0 saturated heterocycles. The van der Waals surface area contributed by atoms with Gasteiger partial charge in [-0.15, -0.1) is 0 Å². The van der Waals surface area contributed by atoms with Crippen LogP contribution in [0.4, 0.5) is 0 Å². The monoisotopic (exact) mass is 576 g/mol. The number of ether oxygens (including phenoxy) is 2. The van der Waals surface area contributed by atoms with Gasteiger partial charge in [0, 0.05) is 59.5 Å². The molecule has 208 valence electrons. The lowest BCUT2D eigenvalue weighted by molar-refractivity contribution is -0.172.